The van der Waals surface area contributed by atoms with E-state index in [1.165, 1.54) is 0 Å². The van der Waals surface area contributed by atoms with E-state index in [2.05, 4.69) is 21.0 Å². The zero-order chi connectivity index (χ0) is 20.6. The van der Waals surface area contributed by atoms with E-state index in [0.717, 1.165) is 56.0 Å². The molecule has 2 atom stereocenters. The van der Waals surface area contributed by atoms with Gasteiger partial charge in [0.15, 0.2) is 0 Å². The number of hydrogen-bond acceptors (Lipinski definition) is 5. The fourth-order valence-corrected chi connectivity index (χ4v) is 5.29. The average Bonchev–Trinajstić information content (AvgIpc) is 3.48. The fourth-order valence-electron chi connectivity index (χ4n) is 5.29. The summed E-state index contributed by atoms with van der Waals surface area (Å²) in [5.41, 5.74) is 1.78. The molecule has 30 heavy (non-hydrogen) atoms. The van der Waals surface area contributed by atoms with Crippen molar-refractivity contribution in [2.24, 2.45) is 12.5 Å². The lowest BCUT2D eigenvalue weighted by Gasteiger charge is -2.42. The maximum absolute atomic E-state index is 13.9. The van der Waals surface area contributed by atoms with Crippen molar-refractivity contribution in [3.05, 3.63) is 72.2 Å². The molecule has 156 valence electrons. The number of amides is 1. The number of aryl methyl sites for hydroxylation is 1. The number of hydrogen-bond donors (Lipinski definition) is 0. The summed E-state index contributed by atoms with van der Waals surface area (Å²) in [5.74, 6) is 1.31. The van der Waals surface area contributed by atoms with Crippen LogP contribution < -0.4 is 0 Å². The first kappa shape index (κ1) is 19.1. The van der Waals surface area contributed by atoms with Gasteiger partial charge in [0.25, 0.3) is 0 Å². The molecule has 0 aliphatic carbocycles. The minimum atomic E-state index is -0.430. The predicted octanol–water partition coefficient (Wildman–Crippen LogP) is 2.82. The lowest BCUT2D eigenvalue weighted by atomic mass is 9.70. The number of aromatic nitrogens is 3. The van der Waals surface area contributed by atoms with Crippen LogP contribution in [-0.2, 0) is 24.9 Å². The van der Waals surface area contributed by atoms with E-state index >= 15 is 0 Å². The number of carbonyl (C=O) groups is 1. The van der Waals surface area contributed by atoms with Crippen LogP contribution in [0.4, 0.5) is 0 Å². The molecule has 5 rings (SSSR count). The van der Waals surface area contributed by atoms with Crippen molar-refractivity contribution in [3.63, 3.8) is 0 Å². The molecule has 1 spiro atoms. The van der Waals surface area contributed by atoms with Crippen molar-refractivity contribution >= 4 is 5.91 Å². The van der Waals surface area contributed by atoms with E-state index < -0.39 is 5.41 Å². The van der Waals surface area contributed by atoms with E-state index in [4.69, 9.17) is 4.42 Å². The molecule has 0 bridgehead atoms. The van der Waals surface area contributed by atoms with Gasteiger partial charge in [0, 0.05) is 63.4 Å². The molecule has 5 heterocycles. The van der Waals surface area contributed by atoms with Crippen LogP contribution in [0.1, 0.15) is 35.8 Å². The number of likely N-dealkylation sites (tertiary alicyclic amines) is 2. The van der Waals surface area contributed by atoms with E-state index in [9.17, 15) is 4.79 Å². The maximum atomic E-state index is 13.9. The quantitative estimate of drug-likeness (QED) is 0.653. The first-order chi connectivity index (χ1) is 14.7. The molecule has 2 fully saturated rings. The van der Waals surface area contributed by atoms with Crippen LogP contribution in [0.15, 0.2) is 59.6 Å². The van der Waals surface area contributed by atoms with E-state index in [0.29, 0.717) is 6.54 Å². The highest BCUT2D eigenvalue weighted by atomic mass is 16.3. The second-order valence-corrected chi connectivity index (χ2v) is 8.53. The first-order valence-corrected chi connectivity index (χ1v) is 10.6. The number of carbonyl (C=O) groups excluding carboxylic acids is 1. The molecule has 2 aliphatic heterocycles. The average molecular weight is 406 g/mol. The van der Waals surface area contributed by atoms with E-state index in [1.807, 2.05) is 53.3 Å². The van der Waals surface area contributed by atoms with Crippen molar-refractivity contribution in [1.29, 1.82) is 0 Å². The molecule has 0 saturated carbocycles. The molecule has 0 unspecified atom stereocenters. The van der Waals surface area contributed by atoms with Gasteiger partial charge in [0.2, 0.25) is 5.91 Å². The third-order valence-corrected chi connectivity index (χ3v) is 6.65. The SMILES string of the molecule is Cn1nccc1[C@@H]1CN(Cc2ccco2)C[C@]12CCCN(Cc1cccnc1)C2=O. The van der Waals surface area contributed by atoms with Crippen LogP contribution in [0.2, 0.25) is 0 Å². The van der Waals surface area contributed by atoms with Crippen LogP contribution in [0, 0.1) is 5.41 Å². The topological polar surface area (TPSA) is 67.4 Å². The van der Waals surface area contributed by atoms with E-state index in [-0.39, 0.29) is 11.8 Å². The van der Waals surface area contributed by atoms with Gasteiger partial charge >= 0.3 is 0 Å². The Kier molecular flexibility index (Phi) is 4.90. The summed E-state index contributed by atoms with van der Waals surface area (Å²) in [6, 6.07) is 9.95. The summed E-state index contributed by atoms with van der Waals surface area (Å²) in [5, 5.41) is 4.40. The highest BCUT2D eigenvalue weighted by molar-refractivity contribution is 5.85. The van der Waals surface area contributed by atoms with Crippen LogP contribution in [-0.4, -0.2) is 50.1 Å². The highest BCUT2D eigenvalue weighted by Gasteiger charge is 2.55. The summed E-state index contributed by atoms with van der Waals surface area (Å²) in [4.78, 5) is 22.6. The molecular weight excluding hydrogens is 378 g/mol. The van der Waals surface area contributed by atoms with Crippen LogP contribution in [0.25, 0.3) is 0 Å². The lowest BCUT2D eigenvalue weighted by molar-refractivity contribution is -0.147. The van der Waals surface area contributed by atoms with Crippen molar-refractivity contribution in [1.82, 2.24) is 24.6 Å². The molecule has 7 heteroatoms. The second-order valence-electron chi connectivity index (χ2n) is 8.53. The molecule has 2 saturated heterocycles. The van der Waals surface area contributed by atoms with Gasteiger partial charge < -0.3 is 9.32 Å². The van der Waals surface area contributed by atoms with Gasteiger partial charge in [-0.25, -0.2) is 0 Å². The van der Waals surface area contributed by atoms with Gasteiger partial charge in [-0.3, -0.25) is 19.4 Å². The Morgan fingerprint density at radius 1 is 1.20 bits per heavy atom. The monoisotopic (exact) mass is 405 g/mol. The Morgan fingerprint density at radius 3 is 2.87 bits per heavy atom. The molecule has 0 aromatic carbocycles. The third kappa shape index (κ3) is 3.33. The third-order valence-electron chi connectivity index (χ3n) is 6.65. The normalized spacial score (nSPS) is 24.8. The number of piperidine rings is 1. The van der Waals surface area contributed by atoms with Crippen LogP contribution in [0.3, 0.4) is 0 Å². The molecule has 2 aliphatic rings. The molecule has 1 amide bonds. The zero-order valence-corrected chi connectivity index (χ0v) is 17.3. The van der Waals surface area contributed by atoms with Crippen molar-refractivity contribution in [3.8, 4) is 0 Å². The van der Waals surface area contributed by atoms with Crippen LogP contribution in [0.5, 0.6) is 0 Å². The summed E-state index contributed by atoms with van der Waals surface area (Å²) in [7, 11) is 1.97. The molecular formula is C23H27N5O2. The molecule has 3 aromatic rings. The number of pyridine rings is 1. The summed E-state index contributed by atoms with van der Waals surface area (Å²) in [6.07, 6.45) is 9.07. The largest absolute Gasteiger partial charge is 0.468 e. The minimum Gasteiger partial charge on any atom is -0.468 e. The number of rotatable bonds is 5. The molecule has 3 aromatic heterocycles. The predicted molar refractivity (Wildman–Crippen MR) is 111 cm³/mol. The van der Waals surface area contributed by atoms with Gasteiger partial charge in [-0.15, -0.1) is 0 Å². The van der Waals surface area contributed by atoms with Crippen molar-refractivity contribution < 1.29 is 9.21 Å². The molecule has 0 radical (unpaired) electrons. The smallest absolute Gasteiger partial charge is 0.231 e. The van der Waals surface area contributed by atoms with Gasteiger partial charge in [-0.2, -0.15) is 5.10 Å². The standard InChI is InChI=1S/C23H27N5O2/c1-26-21(7-10-25-26)20-16-27(15-19-6-3-12-30-19)17-23(20)8-4-11-28(22(23)29)14-18-5-2-9-24-13-18/h2-3,5-7,9-10,12-13,20H,4,8,11,14-17H2,1H3/t20-,23+/m0/s1. The maximum Gasteiger partial charge on any atom is 0.231 e. The van der Waals surface area contributed by atoms with E-state index in [1.54, 1.807) is 12.5 Å². The van der Waals surface area contributed by atoms with Crippen LogP contribution >= 0.6 is 0 Å². The zero-order valence-electron chi connectivity index (χ0n) is 17.3. The Balaban J connectivity index is 1.46. The Hall–Kier alpha value is -2.93. The van der Waals surface area contributed by atoms with Gasteiger partial charge in [-0.1, -0.05) is 6.07 Å². The summed E-state index contributed by atoms with van der Waals surface area (Å²) < 4.78 is 7.51. The molecule has 0 N–H and O–H groups in total. The molecule has 7 nitrogen and oxygen atoms in total. The lowest BCUT2D eigenvalue weighted by Crippen LogP contribution is -2.52. The van der Waals surface area contributed by atoms with Gasteiger partial charge in [0.1, 0.15) is 5.76 Å². The Bertz CT molecular complexity index is 1000. The van der Waals surface area contributed by atoms with Gasteiger partial charge in [-0.05, 0) is 42.7 Å². The highest BCUT2D eigenvalue weighted by Crippen LogP contribution is 2.49. The van der Waals surface area contributed by atoms with Gasteiger partial charge in [0.05, 0.1) is 18.2 Å². The minimum absolute atomic E-state index is 0.115. The summed E-state index contributed by atoms with van der Waals surface area (Å²) in [6.45, 7) is 3.70. The first-order valence-electron chi connectivity index (χ1n) is 10.6. The van der Waals surface area contributed by atoms with Crippen molar-refractivity contribution in [2.75, 3.05) is 19.6 Å². The second kappa shape index (κ2) is 7.72. The Labute approximate surface area is 176 Å². The number of furan rings is 1. The van der Waals surface area contributed by atoms with Crippen molar-refractivity contribution in [2.45, 2.75) is 31.8 Å². The fraction of sp³-hybridized carbons (Fsp3) is 0.435. The number of nitrogens with zero attached hydrogens (tertiary/aromatic N) is 5. The Morgan fingerprint density at radius 2 is 2.13 bits per heavy atom. The summed E-state index contributed by atoms with van der Waals surface area (Å²) >= 11 is 0.